The predicted octanol–water partition coefficient (Wildman–Crippen LogP) is 0.377. The van der Waals surface area contributed by atoms with Gasteiger partial charge in [-0.15, -0.1) is 0 Å². The van der Waals surface area contributed by atoms with Gasteiger partial charge in [-0.05, 0) is 24.6 Å². The van der Waals surface area contributed by atoms with E-state index in [0.717, 1.165) is 0 Å². The van der Waals surface area contributed by atoms with Gasteiger partial charge in [-0.3, -0.25) is 14.4 Å². The normalized spacial score (nSPS) is 10.1. The summed E-state index contributed by atoms with van der Waals surface area (Å²) in [6, 6.07) is 4.92. The summed E-state index contributed by atoms with van der Waals surface area (Å²) >= 11 is 0. The van der Waals surface area contributed by atoms with Crippen LogP contribution in [0.3, 0.4) is 0 Å². The predicted molar refractivity (Wildman–Crippen MR) is 68.8 cm³/mol. The lowest BCUT2D eigenvalue weighted by molar-refractivity contribution is -0.115. The molecule has 0 aliphatic heterocycles. The molecule has 1 amide bonds. The molecule has 1 heterocycles. The van der Waals surface area contributed by atoms with Crippen LogP contribution in [0.5, 0.6) is 0 Å². The Kier molecular flexibility index (Phi) is 3.16. The fourth-order valence-corrected chi connectivity index (χ4v) is 1.67. The molecule has 2 aromatic rings. The molecule has 0 spiro atoms. The van der Waals surface area contributed by atoms with Crippen LogP contribution in [0.1, 0.15) is 12.0 Å². The number of H-pyrrole nitrogens is 2. The van der Waals surface area contributed by atoms with Gasteiger partial charge in [0.25, 0.3) is 0 Å². The number of carbonyl (C=O) groups is 1. The van der Waals surface area contributed by atoms with Crippen LogP contribution in [-0.4, -0.2) is 15.9 Å². The fourth-order valence-electron chi connectivity index (χ4n) is 1.67. The highest BCUT2D eigenvalue weighted by molar-refractivity contribution is 5.95. The summed E-state index contributed by atoms with van der Waals surface area (Å²) < 4.78 is 0. The molecule has 0 atom stereocenters. The van der Waals surface area contributed by atoms with Gasteiger partial charge in [0.15, 0.2) is 0 Å². The Balaban J connectivity index is 2.53. The van der Waals surface area contributed by atoms with Crippen molar-refractivity contribution in [3.05, 3.63) is 38.4 Å². The molecular formula is C12H10N4O3. The lowest BCUT2D eigenvalue weighted by atomic mass is 10.1. The standard InChI is InChI=1S/C12H10N4O3/c1-6-4-8-9(16-12(19)11(18)15-8)5-7(6)14-10(17)2-3-13/h4-5H,2H2,1H3,(H,14,17)(H,15,18)(H,16,19). The first-order valence-electron chi connectivity index (χ1n) is 5.45. The maximum absolute atomic E-state index is 11.4. The molecule has 0 saturated heterocycles. The number of hydrogen-bond acceptors (Lipinski definition) is 4. The van der Waals surface area contributed by atoms with Crippen LogP contribution < -0.4 is 16.4 Å². The third-order valence-electron chi connectivity index (χ3n) is 2.58. The second-order valence-electron chi connectivity index (χ2n) is 4.00. The van der Waals surface area contributed by atoms with Gasteiger partial charge >= 0.3 is 11.1 Å². The number of carbonyl (C=O) groups excluding carboxylic acids is 1. The van der Waals surface area contributed by atoms with Crippen molar-refractivity contribution in [2.24, 2.45) is 0 Å². The van der Waals surface area contributed by atoms with Crippen molar-refractivity contribution in [3.63, 3.8) is 0 Å². The third-order valence-corrected chi connectivity index (χ3v) is 2.58. The van der Waals surface area contributed by atoms with E-state index in [9.17, 15) is 14.4 Å². The smallest absolute Gasteiger partial charge is 0.314 e. The first kappa shape index (κ1) is 12.6. The zero-order valence-corrected chi connectivity index (χ0v) is 10.0. The van der Waals surface area contributed by atoms with E-state index in [-0.39, 0.29) is 6.42 Å². The van der Waals surface area contributed by atoms with E-state index in [2.05, 4.69) is 15.3 Å². The van der Waals surface area contributed by atoms with Crippen molar-refractivity contribution in [1.29, 1.82) is 5.26 Å². The van der Waals surface area contributed by atoms with E-state index < -0.39 is 17.0 Å². The molecule has 19 heavy (non-hydrogen) atoms. The van der Waals surface area contributed by atoms with Gasteiger partial charge in [0, 0.05) is 5.69 Å². The second-order valence-corrected chi connectivity index (χ2v) is 4.00. The largest absolute Gasteiger partial charge is 0.325 e. The van der Waals surface area contributed by atoms with Gasteiger partial charge in [0.05, 0.1) is 17.1 Å². The zero-order valence-electron chi connectivity index (χ0n) is 10.0. The van der Waals surface area contributed by atoms with E-state index in [1.54, 1.807) is 19.1 Å². The summed E-state index contributed by atoms with van der Waals surface area (Å²) in [7, 11) is 0. The number of anilines is 1. The monoisotopic (exact) mass is 258 g/mol. The van der Waals surface area contributed by atoms with Crippen molar-refractivity contribution in [2.45, 2.75) is 13.3 Å². The summed E-state index contributed by atoms with van der Waals surface area (Å²) in [4.78, 5) is 38.6. The number of benzene rings is 1. The minimum absolute atomic E-state index is 0.250. The van der Waals surface area contributed by atoms with Gasteiger partial charge in [0.1, 0.15) is 6.42 Å². The van der Waals surface area contributed by atoms with Crippen LogP contribution >= 0.6 is 0 Å². The quantitative estimate of drug-likeness (QED) is 0.674. The highest BCUT2D eigenvalue weighted by Crippen LogP contribution is 2.19. The molecule has 1 aromatic heterocycles. The van der Waals surface area contributed by atoms with Crippen LogP contribution in [0.4, 0.5) is 5.69 Å². The molecular weight excluding hydrogens is 248 g/mol. The Morgan fingerprint density at radius 2 is 1.84 bits per heavy atom. The topological polar surface area (TPSA) is 119 Å². The Morgan fingerprint density at radius 3 is 2.42 bits per heavy atom. The number of rotatable bonds is 2. The molecule has 0 bridgehead atoms. The number of fused-ring (bicyclic) bond motifs is 1. The number of nitrogens with one attached hydrogen (secondary N) is 3. The minimum Gasteiger partial charge on any atom is -0.325 e. The zero-order chi connectivity index (χ0) is 14.0. The number of aromatic nitrogens is 2. The molecule has 0 aliphatic carbocycles. The average molecular weight is 258 g/mol. The van der Waals surface area contributed by atoms with E-state index >= 15 is 0 Å². The van der Waals surface area contributed by atoms with E-state index in [4.69, 9.17) is 5.26 Å². The summed E-state index contributed by atoms with van der Waals surface area (Å²) in [6.45, 7) is 1.74. The highest BCUT2D eigenvalue weighted by atomic mass is 16.2. The number of amides is 1. The van der Waals surface area contributed by atoms with E-state index in [0.29, 0.717) is 22.3 Å². The molecule has 96 valence electrons. The molecule has 0 radical (unpaired) electrons. The summed E-state index contributed by atoms with van der Waals surface area (Å²) in [5.41, 5.74) is 0.582. The molecule has 3 N–H and O–H groups in total. The highest BCUT2D eigenvalue weighted by Gasteiger charge is 2.07. The molecule has 7 heteroatoms. The third kappa shape index (κ3) is 2.52. The van der Waals surface area contributed by atoms with Crippen molar-refractivity contribution < 1.29 is 4.79 Å². The Labute approximate surface area is 106 Å². The first-order valence-corrected chi connectivity index (χ1v) is 5.45. The number of hydrogen-bond donors (Lipinski definition) is 3. The number of nitrogens with zero attached hydrogens (tertiary/aromatic N) is 1. The first-order chi connectivity index (χ1) is 9.01. The van der Waals surface area contributed by atoms with Crippen molar-refractivity contribution >= 4 is 22.6 Å². The number of aryl methyl sites for hydroxylation is 1. The van der Waals surface area contributed by atoms with Crippen LogP contribution in [0.25, 0.3) is 11.0 Å². The second kappa shape index (κ2) is 4.78. The molecule has 2 rings (SSSR count). The van der Waals surface area contributed by atoms with Crippen molar-refractivity contribution in [1.82, 2.24) is 9.97 Å². The van der Waals surface area contributed by atoms with Crippen LogP contribution in [-0.2, 0) is 4.79 Å². The maximum atomic E-state index is 11.4. The molecule has 0 aliphatic rings. The average Bonchev–Trinajstić information content (AvgIpc) is 2.33. The summed E-state index contributed by atoms with van der Waals surface area (Å²) in [5.74, 6) is -0.434. The SMILES string of the molecule is Cc1cc2[nH]c(=O)c(=O)[nH]c2cc1NC(=O)CC#N. The van der Waals surface area contributed by atoms with Gasteiger partial charge in [-0.25, -0.2) is 0 Å². The Morgan fingerprint density at radius 1 is 1.26 bits per heavy atom. The molecule has 0 unspecified atom stereocenters. The van der Waals surface area contributed by atoms with Gasteiger partial charge < -0.3 is 15.3 Å². The van der Waals surface area contributed by atoms with Gasteiger partial charge in [-0.1, -0.05) is 0 Å². The van der Waals surface area contributed by atoms with Gasteiger partial charge in [0.2, 0.25) is 5.91 Å². The summed E-state index contributed by atoms with van der Waals surface area (Å²) in [5, 5.41) is 11.0. The van der Waals surface area contributed by atoms with E-state index in [1.165, 1.54) is 6.07 Å². The number of aromatic amines is 2. The lowest BCUT2D eigenvalue weighted by Gasteiger charge is -2.08. The lowest BCUT2D eigenvalue weighted by Crippen LogP contribution is -2.29. The van der Waals surface area contributed by atoms with Crippen LogP contribution in [0.15, 0.2) is 21.7 Å². The van der Waals surface area contributed by atoms with E-state index in [1.807, 2.05) is 0 Å². The van der Waals surface area contributed by atoms with Crippen molar-refractivity contribution in [3.8, 4) is 6.07 Å². The maximum Gasteiger partial charge on any atom is 0.314 e. The Bertz CT molecular complexity index is 810. The molecule has 1 aromatic carbocycles. The Hall–Kier alpha value is -2.88. The summed E-state index contributed by atoms with van der Waals surface area (Å²) in [6.07, 6.45) is -0.250. The molecule has 7 nitrogen and oxygen atoms in total. The molecule has 0 saturated carbocycles. The fraction of sp³-hybridized carbons (Fsp3) is 0.167. The van der Waals surface area contributed by atoms with Crippen molar-refractivity contribution in [2.75, 3.05) is 5.32 Å². The minimum atomic E-state index is -0.759. The van der Waals surface area contributed by atoms with Crippen LogP contribution in [0, 0.1) is 18.3 Å². The molecule has 0 fully saturated rings. The number of nitriles is 1. The van der Waals surface area contributed by atoms with Gasteiger partial charge in [-0.2, -0.15) is 5.26 Å². The van der Waals surface area contributed by atoms with Crippen LogP contribution in [0.2, 0.25) is 0 Å².